The van der Waals surface area contributed by atoms with Crippen LogP contribution in [0, 0.1) is 23.6 Å². The van der Waals surface area contributed by atoms with Crippen molar-refractivity contribution in [1.29, 1.82) is 0 Å². The standard InChI is InChI=1S/C31H32FN3O/c32-25-8-4-5-9-27(25)34-14-16-35(17-15-34)31(36)23-12-13-26-24(19-23)28-21-10-11-22(18-21)29(28)30(33-26)20-6-2-1-3-7-20/h1-9,12-13,19,21-22,28-30,33H,10-11,14-18H2/t21-,22+,28-,29+,30-/m1/s1. The molecule has 2 saturated carbocycles. The van der Waals surface area contributed by atoms with Gasteiger partial charge in [0.2, 0.25) is 0 Å². The molecule has 3 aromatic carbocycles. The average Bonchev–Trinajstić information content (AvgIpc) is 3.56. The lowest BCUT2D eigenvalue weighted by molar-refractivity contribution is 0.0746. The number of hydrogen-bond donors (Lipinski definition) is 1. The predicted molar refractivity (Wildman–Crippen MR) is 141 cm³/mol. The topological polar surface area (TPSA) is 35.6 Å². The van der Waals surface area contributed by atoms with E-state index >= 15 is 0 Å². The minimum Gasteiger partial charge on any atom is -0.378 e. The number of rotatable bonds is 3. The summed E-state index contributed by atoms with van der Waals surface area (Å²) in [7, 11) is 0. The summed E-state index contributed by atoms with van der Waals surface area (Å²) >= 11 is 0. The molecule has 36 heavy (non-hydrogen) atoms. The van der Waals surface area contributed by atoms with Crippen molar-refractivity contribution in [3.8, 4) is 0 Å². The number of hydrogen-bond acceptors (Lipinski definition) is 3. The summed E-state index contributed by atoms with van der Waals surface area (Å²) in [4.78, 5) is 17.5. The van der Waals surface area contributed by atoms with Gasteiger partial charge in [0.15, 0.2) is 0 Å². The van der Waals surface area contributed by atoms with Crippen LogP contribution >= 0.6 is 0 Å². The fraction of sp³-hybridized carbons (Fsp3) is 0.387. The first-order valence-electron chi connectivity index (χ1n) is 13.4. The number of halogens is 1. The number of nitrogens with zero attached hydrogens (tertiary/aromatic N) is 2. The van der Waals surface area contributed by atoms with Crippen molar-refractivity contribution in [2.24, 2.45) is 17.8 Å². The van der Waals surface area contributed by atoms with Gasteiger partial charge in [0.05, 0.1) is 11.7 Å². The Hall–Kier alpha value is -3.34. The lowest BCUT2D eigenvalue weighted by Crippen LogP contribution is -2.49. The number of benzene rings is 3. The fourth-order valence-corrected chi connectivity index (χ4v) is 7.65. The van der Waals surface area contributed by atoms with Gasteiger partial charge in [-0.2, -0.15) is 0 Å². The highest BCUT2D eigenvalue weighted by atomic mass is 19.1. The third kappa shape index (κ3) is 3.51. The lowest BCUT2D eigenvalue weighted by Gasteiger charge is -2.44. The molecule has 4 nitrogen and oxygen atoms in total. The van der Waals surface area contributed by atoms with E-state index in [0.29, 0.717) is 49.7 Å². The van der Waals surface area contributed by atoms with Gasteiger partial charge in [-0.3, -0.25) is 4.79 Å². The number of amides is 1. The second-order valence-electron chi connectivity index (χ2n) is 11.0. The molecule has 3 aromatic rings. The number of para-hydroxylation sites is 1. The number of fused-ring (bicyclic) bond motifs is 7. The molecule has 2 bridgehead atoms. The molecule has 2 aliphatic heterocycles. The quantitative estimate of drug-likeness (QED) is 0.492. The van der Waals surface area contributed by atoms with Gasteiger partial charge < -0.3 is 15.1 Å². The molecule has 1 amide bonds. The predicted octanol–water partition coefficient (Wildman–Crippen LogP) is 6.08. The number of nitrogens with one attached hydrogen (secondary N) is 1. The minimum absolute atomic E-state index is 0.0934. The van der Waals surface area contributed by atoms with Crippen molar-refractivity contribution in [2.45, 2.75) is 31.2 Å². The van der Waals surface area contributed by atoms with Crippen LogP contribution in [-0.4, -0.2) is 37.0 Å². The third-order valence-electron chi connectivity index (χ3n) is 9.25. The first kappa shape index (κ1) is 21.9. The second kappa shape index (κ2) is 8.65. The Morgan fingerprint density at radius 1 is 0.861 bits per heavy atom. The Morgan fingerprint density at radius 2 is 1.61 bits per heavy atom. The smallest absolute Gasteiger partial charge is 0.253 e. The van der Waals surface area contributed by atoms with E-state index in [1.165, 1.54) is 42.1 Å². The van der Waals surface area contributed by atoms with Crippen LogP contribution in [0.5, 0.6) is 0 Å². The Bertz CT molecular complexity index is 1290. The Labute approximate surface area is 212 Å². The minimum atomic E-state index is -0.200. The summed E-state index contributed by atoms with van der Waals surface area (Å²) < 4.78 is 14.2. The van der Waals surface area contributed by atoms with Crippen molar-refractivity contribution >= 4 is 17.3 Å². The van der Waals surface area contributed by atoms with Gasteiger partial charge >= 0.3 is 0 Å². The summed E-state index contributed by atoms with van der Waals surface area (Å²) in [5, 5.41) is 3.88. The van der Waals surface area contributed by atoms with E-state index in [0.717, 1.165) is 17.4 Å². The molecule has 0 spiro atoms. The summed E-state index contributed by atoms with van der Waals surface area (Å²) in [6.45, 7) is 2.50. The van der Waals surface area contributed by atoms with Crippen LogP contribution in [-0.2, 0) is 0 Å². The second-order valence-corrected chi connectivity index (χ2v) is 11.0. The number of carbonyl (C=O) groups excluding carboxylic acids is 1. The molecule has 3 fully saturated rings. The molecule has 0 unspecified atom stereocenters. The average molecular weight is 482 g/mol. The number of piperazine rings is 1. The SMILES string of the molecule is O=C(c1ccc2c(c1)[C@H]1[C@@H]3CC[C@@H](C3)[C@@H]1[C@@H](c1ccccc1)N2)N1CCN(c2ccccc2F)CC1. The highest BCUT2D eigenvalue weighted by molar-refractivity contribution is 5.95. The number of carbonyl (C=O) groups is 1. The maximum absolute atomic E-state index is 14.2. The van der Waals surface area contributed by atoms with Gasteiger partial charge in [-0.1, -0.05) is 42.5 Å². The van der Waals surface area contributed by atoms with E-state index in [1.807, 2.05) is 28.0 Å². The van der Waals surface area contributed by atoms with Gasteiger partial charge in [0.25, 0.3) is 5.91 Å². The van der Waals surface area contributed by atoms with Crippen LogP contribution in [0.2, 0.25) is 0 Å². The molecular weight excluding hydrogens is 449 g/mol. The maximum Gasteiger partial charge on any atom is 0.253 e. The van der Waals surface area contributed by atoms with Gasteiger partial charge in [0, 0.05) is 37.4 Å². The van der Waals surface area contributed by atoms with E-state index < -0.39 is 0 Å². The molecule has 5 heteroatoms. The zero-order valence-corrected chi connectivity index (χ0v) is 20.4. The highest BCUT2D eigenvalue weighted by Gasteiger charge is 2.53. The first-order chi connectivity index (χ1) is 17.7. The Morgan fingerprint density at radius 3 is 2.42 bits per heavy atom. The van der Waals surface area contributed by atoms with Crippen molar-refractivity contribution in [3.63, 3.8) is 0 Å². The molecule has 1 N–H and O–H groups in total. The lowest BCUT2D eigenvalue weighted by atomic mass is 9.68. The van der Waals surface area contributed by atoms with Crippen LogP contribution in [0.1, 0.15) is 52.7 Å². The Balaban J connectivity index is 1.14. The van der Waals surface area contributed by atoms with Crippen molar-refractivity contribution in [2.75, 3.05) is 36.4 Å². The zero-order chi connectivity index (χ0) is 24.2. The van der Waals surface area contributed by atoms with Crippen LogP contribution < -0.4 is 10.2 Å². The highest BCUT2D eigenvalue weighted by Crippen LogP contribution is 2.63. The molecule has 4 aliphatic rings. The van der Waals surface area contributed by atoms with Crippen LogP contribution in [0.25, 0.3) is 0 Å². The fourth-order valence-electron chi connectivity index (χ4n) is 7.65. The molecule has 184 valence electrons. The van der Waals surface area contributed by atoms with Crippen LogP contribution in [0.4, 0.5) is 15.8 Å². The van der Waals surface area contributed by atoms with E-state index in [-0.39, 0.29) is 11.7 Å². The van der Waals surface area contributed by atoms with E-state index in [2.05, 4.69) is 47.8 Å². The summed E-state index contributed by atoms with van der Waals surface area (Å²) in [6, 6.07) is 24.4. The van der Waals surface area contributed by atoms with Gasteiger partial charge in [-0.25, -0.2) is 4.39 Å². The Kier molecular flexibility index (Phi) is 5.26. The molecule has 0 aromatic heterocycles. The number of anilines is 2. The van der Waals surface area contributed by atoms with Gasteiger partial charge in [-0.05, 0) is 84.4 Å². The molecule has 5 atom stereocenters. The van der Waals surface area contributed by atoms with E-state index in [1.54, 1.807) is 6.07 Å². The van der Waals surface area contributed by atoms with Crippen molar-refractivity contribution in [3.05, 3.63) is 95.3 Å². The monoisotopic (exact) mass is 481 g/mol. The largest absolute Gasteiger partial charge is 0.378 e. The summed E-state index contributed by atoms with van der Waals surface area (Å²) in [6.07, 6.45) is 3.95. The molecule has 1 saturated heterocycles. The van der Waals surface area contributed by atoms with Crippen LogP contribution in [0.15, 0.2) is 72.8 Å². The van der Waals surface area contributed by atoms with Crippen molar-refractivity contribution in [1.82, 2.24) is 4.90 Å². The molecule has 7 rings (SSSR count). The van der Waals surface area contributed by atoms with Gasteiger partial charge in [-0.15, -0.1) is 0 Å². The first-order valence-corrected chi connectivity index (χ1v) is 13.4. The van der Waals surface area contributed by atoms with Crippen molar-refractivity contribution < 1.29 is 9.18 Å². The van der Waals surface area contributed by atoms with Gasteiger partial charge in [0.1, 0.15) is 5.82 Å². The summed E-state index contributed by atoms with van der Waals surface area (Å²) in [5.41, 5.74) is 5.32. The molecular formula is C31H32FN3O. The van der Waals surface area contributed by atoms with E-state index in [9.17, 15) is 9.18 Å². The molecule has 0 radical (unpaired) electrons. The molecule has 2 heterocycles. The zero-order valence-electron chi connectivity index (χ0n) is 20.4. The molecule has 2 aliphatic carbocycles. The maximum atomic E-state index is 14.2. The van der Waals surface area contributed by atoms with Crippen LogP contribution in [0.3, 0.4) is 0 Å². The normalized spacial score (nSPS) is 28.4. The van der Waals surface area contributed by atoms with E-state index in [4.69, 9.17) is 0 Å². The summed E-state index contributed by atoms with van der Waals surface area (Å²) in [5.74, 6) is 2.49. The third-order valence-corrected chi connectivity index (χ3v) is 9.25.